The van der Waals surface area contributed by atoms with Crippen molar-refractivity contribution in [2.24, 2.45) is 0 Å². The van der Waals surface area contributed by atoms with E-state index < -0.39 is 0 Å². The highest BCUT2D eigenvalue weighted by atomic mass is 32.2. The number of benzene rings is 2. The molecule has 132 valence electrons. The first-order valence-electron chi connectivity index (χ1n) is 8.07. The second-order valence-electron chi connectivity index (χ2n) is 5.65. The van der Waals surface area contributed by atoms with Gasteiger partial charge in [-0.1, -0.05) is 24.3 Å². The highest BCUT2D eigenvalue weighted by Gasteiger charge is 2.22. The monoisotopic (exact) mass is 375 g/mol. The summed E-state index contributed by atoms with van der Waals surface area (Å²) in [4.78, 5) is 12.3. The molecule has 0 saturated carbocycles. The van der Waals surface area contributed by atoms with Crippen molar-refractivity contribution in [3.63, 3.8) is 0 Å². The Bertz CT molecular complexity index is 745. The van der Waals surface area contributed by atoms with Crippen LogP contribution in [0.5, 0.6) is 11.5 Å². The van der Waals surface area contributed by atoms with Gasteiger partial charge in [0.25, 0.3) is 5.91 Å². The third-order valence-corrected chi connectivity index (χ3v) is 6.85. The van der Waals surface area contributed by atoms with Crippen LogP contribution in [0.15, 0.2) is 42.5 Å². The Balaban J connectivity index is 1.64. The quantitative estimate of drug-likeness (QED) is 0.805. The number of rotatable bonds is 6. The molecule has 1 amide bonds. The molecular formula is C19H21NO3S2. The van der Waals surface area contributed by atoms with Crippen molar-refractivity contribution in [2.75, 3.05) is 30.5 Å². The largest absolute Gasteiger partial charge is 0.495 e. The maximum atomic E-state index is 12.3. The van der Waals surface area contributed by atoms with Gasteiger partial charge in [0.2, 0.25) is 0 Å². The number of amides is 1. The molecule has 2 aromatic carbocycles. The summed E-state index contributed by atoms with van der Waals surface area (Å²) in [5, 5.41) is 2.86. The normalized spacial score (nSPS) is 14.3. The fraction of sp³-hybridized carbons (Fsp3) is 0.316. The van der Waals surface area contributed by atoms with Crippen LogP contribution in [0, 0.1) is 6.92 Å². The predicted molar refractivity (Wildman–Crippen MR) is 106 cm³/mol. The number of methoxy groups -OCH3 is 1. The van der Waals surface area contributed by atoms with Crippen LogP contribution in [0.25, 0.3) is 0 Å². The summed E-state index contributed by atoms with van der Waals surface area (Å²) in [7, 11) is 1.59. The number of para-hydroxylation sites is 1. The molecule has 4 nitrogen and oxygen atoms in total. The minimum absolute atomic E-state index is 0.0316. The number of carbonyl (C=O) groups excluding carboxylic acids is 1. The molecule has 0 spiro atoms. The first-order valence-corrected chi connectivity index (χ1v) is 10.2. The zero-order chi connectivity index (χ0) is 17.6. The molecule has 1 saturated heterocycles. The number of aryl methyl sites for hydroxylation is 1. The molecule has 0 atom stereocenters. The maximum absolute atomic E-state index is 12.3. The number of anilines is 1. The van der Waals surface area contributed by atoms with Gasteiger partial charge >= 0.3 is 0 Å². The van der Waals surface area contributed by atoms with Gasteiger partial charge in [0.05, 0.1) is 17.4 Å². The van der Waals surface area contributed by atoms with Crippen molar-refractivity contribution in [1.29, 1.82) is 0 Å². The molecule has 0 aliphatic carbocycles. The molecule has 0 radical (unpaired) electrons. The lowest BCUT2D eigenvalue weighted by Crippen LogP contribution is -2.21. The SMILES string of the molecule is COc1ccc(C)cc1NC(=O)COc1ccccc1C1SCCS1. The highest BCUT2D eigenvalue weighted by molar-refractivity contribution is 8.19. The Hall–Kier alpha value is -1.79. The van der Waals surface area contributed by atoms with Crippen molar-refractivity contribution in [3.05, 3.63) is 53.6 Å². The van der Waals surface area contributed by atoms with Crippen LogP contribution >= 0.6 is 23.5 Å². The summed E-state index contributed by atoms with van der Waals surface area (Å²) in [6.45, 7) is 1.94. The van der Waals surface area contributed by atoms with Crippen LogP contribution in [0.1, 0.15) is 15.7 Å². The molecule has 2 aromatic rings. The molecule has 1 N–H and O–H groups in total. The lowest BCUT2D eigenvalue weighted by atomic mass is 10.2. The van der Waals surface area contributed by atoms with E-state index in [2.05, 4.69) is 11.4 Å². The third kappa shape index (κ3) is 4.64. The molecule has 0 aromatic heterocycles. The first-order chi connectivity index (χ1) is 12.2. The second-order valence-corrected chi connectivity index (χ2v) is 8.38. The van der Waals surface area contributed by atoms with Crippen molar-refractivity contribution in [1.82, 2.24) is 0 Å². The van der Waals surface area contributed by atoms with Crippen LogP contribution in [0.3, 0.4) is 0 Å². The van der Waals surface area contributed by atoms with E-state index in [0.717, 1.165) is 28.4 Å². The summed E-state index contributed by atoms with van der Waals surface area (Å²) in [6.07, 6.45) is 0. The number of hydrogen-bond donors (Lipinski definition) is 1. The van der Waals surface area contributed by atoms with Gasteiger partial charge in [0, 0.05) is 17.1 Å². The van der Waals surface area contributed by atoms with Gasteiger partial charge in [-0.3, -0.25) is 4.79 Å². The average Bonchev–Trinajstić information content (AvgIpc) is 3.15. The van der Waals surface area contributed by atoms with Crippen molar-refractivity contribution in [2.45, 2.75) is 11.5 Å². The zero-order valence-corrected chi connectivity index (χ0v) is 15.9. The van der Waals surface area contributed by atoms with E-state index in [4.69, 9.17) is 9.47 Å². The van der Waals surface area contributed by atoms with E-state index in [1.54, 1.807) is 7.11 Å². The molecule has 1 fully saturated rings. The molecule has 1 aliphatic heterocycles. The van der Waals surface area contributed by atoms with Gasteiger partial charge in [-0.2, -0.15) is 0 Å². The Morgan fingerprint density at radius 2 is 1.92 bits per heavy atom. The fourth-order valence-corrected chi connectivity index (χ4v) is 5.50. The minimum Gasteiger partial charge on any atom is -0.495 e. The molecule has 6 heteroatoms. The third-order valence-electron chi connectivity index (χ3n) is 3.78. The Labute approximate surface area is 156 Å². The molecule has 0 unspecified atom stereocenters. The van der Waals surface area contributed by atoms with Gasteiger partial charge in [-0.05, 0) is 30.7 Å². The standard InChI is InChI=1S/C19H21NO3S2/c1-13-7-8-17(22-2)15(11-13)20-18(21)12-23-16-6-4-3-5-14(16)19-24-9-10-25-19/h3-8,11,19H,9-10,12H2,1-2H3,(H,20,21). The van der Waals surface area contributed by atoms with Gasteiger partial charge < -0.3 is 14.8 Å². The summed E-state index contributed by atoms with van der Waals surface area (Å²) >= 11 is 3.84. The summed E-state index contributed by atoms with van der Waals surface area (Å²) in [5.41, 5.74) is 2.86. The van der Waals surface area contributed by atoms with Gasteiger partial charge in [-0.15, -0.1) is 23.5 Å². The number of carbonyl (C=O) groups is 1. The van der Waals surface area contributed by atoms with E-state index in [0.29, 0.717) is 16.0 Å². The Morgan fingerprint density at radius 3 is 2.68 bits per heavy atom. The van der Waals surface area contributed by atoms with E-state index in [1.807, 2.05) is 66.8 Å². The van der Waals surface area contributed by atoms with Crippen LogP contribution in [0.4, 0.5) is 5.69 Å². The van der Waals surface area contributed by atoms with Crippen molar-refractivity contribution in [3.8, 4) is 11.5 Å². The number of thioether (sulfide) groups is 2. The topological polar surface area (TPSA) is 47.6 Å². The van der Waals surface area contributed by atoms with Crippen LogP contribution in [-0.2, 0) is 4.79 Å². The van der Waals surface area contributed by atoms with Crippen LogP contribution in [-0.4, -0.2) is 31.1 Å². The molecule has 1 heterocycles. The van der Waals surface area contributed by atoms with Crippen LogP contribution < -0.4 is 14.8 Å². The first kappa shape index (κ1) is 18.0. The summed E-state index contributed by atoms with van der Waals surface area (Å²) in [6, 6.07) is 13.6. The second kappa shape index (κ2) is 8.54. The van der Waals surface area contributed by atoms with Gasteiger partial charge in [0.15, 0.2) is 6.61 Å². The van der Waals surface area contributed by atoms with E-state index in [1.165, 1.54) is 0 Å². The number of nitrogens with one attached hydrogen (secondary N) is 1. The summed E-state index contributed by atoms with van der Waals surface area (Å²) in [5.74, 6) is 3.51. The van der Waals surface area contributed by atoms with E-state index >= 15 is 0 Å². The molecular weight excluding hydrogens is 354 g/mol. The van der Waals surface area contributed by atoms with Crippen molar-refractivity contribution < 1.29 is 14.3 Å². The van der Waals surface area contributed by atoms with Crippen molar-refractivity contribution >= 4 is 35.1 Å². The maximum Gasteiger partial charge on any atom is 0.262 e. The lowest BCUT2D eigenvalue weighted by molar-refractivity contribution is -0.118. The predicted octanol–water partition coefficient (Wildman–Crippen LogP) is 4.50. The molecule has 3 rings (SSSR count). The smallest absolute Gasteiger partial charge is 0.262 e. The van der Waals surface area contributed by atoms with Gasteiger partial charge in [-0.25, -0.2) is 0 Å². The molecule has 25 heavy (non-hydrogen) atoms. The molecule has 1 aliphatic rings. The molecule has 0 bridgehead atoms. The minimum atomic E-state index is -0.203. The summed E-state index contributed by atoms with van der Waals surface area (Å²) < 4.78 is 11.5. The van der Waals surface area contributed by atoms with E-state index in [9.17, 15) is 4.79 Å². The fourth-order valence-electron chi connectivity index (χ4n) is 2.59. The lowest BCUT2D eigenvalue weighted by Gasteiger charge is -2.15. The van der Waals surface area contributed by atoms with Crippen LogP contribution in [0.2, 0.25) is 0 Å². The highest BCUT2D eigenvalue weighted by Crippen LogP contribution is 2.48. The van der Waals surface area contributed by atoms with E-state index in [-0.39, 0.29) is 12.5 Å². The van der Waals surface area contributed by atoms with Gasteiger partial charge in [0.1, 0.15) is 11.5 Å². The zero-order valence-electron chi connectivity index (χ0n) is 14.3. The Kier molecular flexibility index (Phi) is 6.15. The Morgan fingerprint density at radius 1 is 1.16 bits per heavy atom. The average molecular weight is 376 g/mol. The number of ether oxygens (including phenoxy) is 2. The number of hydrogen-bond acceptors (Lipinski definition) is 5.